The highest BCUT2D eigenvalue weighted by Crippen LogP contribution is 2.15. The van der Waals surface area contributed by atoms with Crippen LogP contribution >= 0.6 is 11.3 Å². The number of unbranched alkanes of at least 4 members (excludes halogenated alkanes) is 1. The van der Waals surface area contributed by atoms with E-state index >= 15 is 0 Å². The molecule has 0 aliphatic heterocycles. The number of rotatable bonds is 4. The number of carbonyl (C=O) groups is 1. The van der Waals surface area contributed by atoms with Gasteiger partial charge in [0.25, 0.3) is 0 Å². The maximum absolute atomic E-state index is 11.5. The number of ether oxygens (including phenoxy) is 1. The van der Waals surface area contributed by atoms with Gasteiger partial charge in [0.1, 0.15) is 5.69 Å². The number of hydrogen-bond acceptors (Lipinski definition) is 4. The van der Waals surface area contributed by atoms with Crippen molar-refractivity contribution in [1.82, 2.24) is 4.98 Å². The van der Waals surface area contributed by atoms with Gasteiger partial charge in [-0.1, -0.05) is 37.5 Å². The van der Waals surface area contributed by atoms with Crippen LogP contribution in [0.3, 0.4) is 0 Å². The fourth-order valence-corrected chi connectivity index (χ4v) is 2.11. The Morgan fingerprint density at radius 1 is 1.33 bits per heavy atom. The molecule has 0 fully saturated rings. The molecule has 0 saturated carbocycles. The van der Waals surface area contributed by atoms with Crippen molar-refractivity contribution in [2.45, 2.75) is 19.8 Å². The molecule has 1 aromatic heterocycles. The van der Waals surface area contributed by atoms with Crippen molar-refractivity contribution in [3.63, 3.8) is 0 Å². The predicted molar refractivity (Wildman–Crippen MR) is 84.4 cm³/mol. The van der Waals surface area contributed by atoms with E-state index in [2.05, 4.69) is 22.1 Å². The maximum Gasteiger partial charge on any atom is 0.413 e. The lowest BCUT2D eigenvalue weighted by atomic mass is 10.2. The Kier molecular flexibility index (Phi) is 5.80. The highest BCUT2D eigenvalue weighted by molar-refractivity contribution is 7.14. The van der Waals surface area contributed by atoms with Crippen molar-refractivity contribution in [1.29, 1.82) is 0 Å². The number of nitrogens with one attached hydrogen (secondary N) is 1. The van der Waals surface area contributed by atoms with Crippen LogP contribution in [0.1, 0.15) is 31.0 Å². The van der Waals surface area contributed by atoms with E-state index in [9.17, 15) is 4.79 Å². The average Bonchev–Trinajstić information content (AvgIpc) is 2.94. The maximum atomic E-state index is 11.5. The Morgan fingerprint density at radius 3 is 2.90 bits per heavy atom. The first-order chi connectivity index (χ1) is 10.3. The van der Waals surface area contributed by atoms with E-state index in [-0.39, 0.29) is 0 Å². The molecule has 21 heavy (non-hydrogen) atoms. The third-order valence-corrected chi connectivity index (χ3v) is 3.31. The minimum atomic E-state index is -0.472. The summed E-state index contributed by atoms with van der Waals surface area (Å²) in [5.74, 6) is 5.98. The van der Waals surface area contributed by atoms with Crippen LogP contribution in [0.2, 0.25) is 0 Å². The lowest BCUT2D eigenvalue weighted by Crippen LogP contribution is -2.14. The number of hydrogen-bond donors (Lipinski definition) is 1. The topological polar surface area (TPSA) is 51.2 Å². The van der Waals surface area contributed by atoms with Crippen molar-refractivity contribution in [2.75, 3.05) is 11.9 Å². The number of carbonyl (C=O) groups excluding carboxylic acids is 1. The van der Waals surface area contributed by atoms with E-state index in [0.29, 0.717) is 17.4 Å². The second-order valence-corrected chi connectivity index (χ2v) is 5.13. The molecule has 0 atom stereocenters. The molecule has 1 heterocycles. The standard InChI is InChI=1S/C16H16N2O2S/c1-2-3-11-20-16(19)18-15-17-14(12-21-15)10-9-13-7-5-4-6-8-13/h4-8,12H,2-3,11H2,1H3,(H,17,18,19). The van der Waals surface area contributed by atoms with Gasteiger partial charge < -0.3 is 4.74 Å². The van der Waals surface area contributed by atoms with E-state index in [1.165, 1.54) is 11.3 Å². The minimum absolute atomic E-state index is 0.425. The fourth-order valence-electron chi connectivity index (χ4n) is 1.48. The molecule has 1 aromatic carbocycles. The summed E-state index contributed by atoms with van der Waals surface area (Å²) in [4.78, 5) is 15.7. The Morgan fingerprint density at radius 2 is 2.14 bits per heavy atom. The number of thiazole rings is 1. The Labute approximate surface area is 128 Å². The summed E-state index contributed by atoms with van der Waals surface area (Å²) >= 11 is 1.33. The number of anilines is 1. The molecule has 4 nitrogen and oxygen atoms in total. The van der Waals surface area contributed by atoms with Gasteiger partial charge in [0.15, 0.2) is 5.13 Å². The summed E-state index contributed by atoms with van der Waals surface area (Å²) < 4.78 is 5.01. The van der Waals surface area contributed by atoms with Crippen LogP contribution in [0.4, 0.5) is 9.93 Å². The normalized spacial score (nSPS) is 9.57. The fraction of sp³-hybridized carbons (Fsp3) is 0.250. The first-order valence-corrected chi connectivity index (χ1v) is 7.62. The van der Waals surface area contributed by atoms with Gasteiger partial charge in [-0.25, -0.2) is 9.78 Å². The van der Waals surface area contributed by atoms with Crippen molar-refractivity contribution >= 4 is 22.6 Å². The monoisotopic (exact) mass is 300 g/mol. The van der Waals surface area contributed by atoms with Gasteiger partial charge in [-0.2, -0.15) is 0 Å². The molecular formula is C16H16N2O2S. The van der Waals surface area contributed by atoms with Gasteiger partial charge in [0.05, 0.1) is 6.61 Å². The predicted octanol–water partition coefficient (Wildman–Crippen LogP) is 3.89. The van der Waals surface area contributed by atoms with E-state index in [1.54, 1.807) is 5.38 Å². The molecule has 5 heteroatoms. The third kappa shape index (κ3) is 5.28. The molecule has 0 saturated heterocycles. The van der Waals surface area contributed by atoms with Gasteiger partial charge in [-0.05, 0) is 24.5 Å². The zero-order valence-corrected chi connectivity index (χ0v) is 12.6. The van der Waals surface area contributed by atoms with Crippen molar-refractivity contribution in [2.24, 2.45) is 0 Å². The molecular weight excluding hydrogens is 284 g/mol. The van der Waals surface area contributed by atoms with Crippen LogP contribution in [0.25, 0.3) is 0 Å². The second-order valence-electron chi connectivity index (χ2n) is 4.27. The van der Waals surface area contributed by atoms with Crippen LogP contribution < -0.4 is 5.32 Å². The molecule has 1 N–H and O–H groups in total. The lowest BCUT2D eigenvalue weighted by Gasteiger charge is -2.02. The molecule has 0 bridgehead atoms. The van der Waals surface area contributed by atoms with E-state index < -0.39 is 6.09 Å². The van der Waals surface area contributed by atoms with Gasteiger partial charge in [-0.3, -0.25) is 5.32 Å². The number of amides is 1. The molecule has 0 aliphatic rings. The molecule has 2 rings (SSSR count). The number of benzene rings is 1. The second kappa shape index (κ2) is 8.08. The van der Waals surface area contributed by atoms with E-state index in [0.717, 1.165) is 18.4 Å². The zero-order chi connectivity index (χ0) is 14.9. The van der Waals surface area contributed by atoms with Gasteiger partial charge in [0, 0.05) is 10.9 Å². The Hall–Kier alpha value is -2.32. The Bertz CT molecular complexity index is 641. The molecule has 0 spiro atoms. The Balaban J connectivity index is 1.90. The van der Waals surface area contributed by atoms with Crippen LogP contribution in [-0.2, 0) is 4.74 Å². The molecule has 108 valence electrons. The largest absolute Gasteiger partial charge is 0.449 e. The van der Waals surface area contributed by atoms with Crippen molar-refractivity contribution in [3.05, 3.63) is 47.0 Å². The van der Waals surface area contributed by atoms with E-state index in [1.807, 2.05) is 37.3 Å². The first kappa shape index (κ1) is 15.1. The highest BCUT2D eigenvalue weighted by atomic mass is 32.1. The molecule has 0 unspecified atom stereocenters. The smallest absolute Gasteiger partial charge is 0.413 e. The van der Waals surface area contributed by atoms with Crippen LogP contribution in [0.15, 0.2) is 35.7 Å². The molecule has 0 aliphatic carbocycles. The number of nitrogens with zero attached hydrogens (tertiary/aromatic N) is 1. The SMILES string of the molecule is CCCCOC(=O)Nc1nc(C#Cc2ccccc2)cs1. The summed E-state index contributed by atoms with van der Waals surface area (Å²) in [5, 5.41) is 4.90. The van der Waals surface area contributed by atoms with Crippen LogP contribution in [0, 0.1) is 11.8 Å². The van der Waals surface area contributed by atoms with E-state index in [4.69, 9.17) is 4.74 Å². The number of aromatic nitrogens is 1. The molecule has 1 amide bonds. The molecule has 2 aromatic rings. The van der Waals surface area contributed by atoms with Crippen LogP contribution in [-0.4, -0.2) is 17.7 Å². The zero-order valence-electron chi connectivity index (χ0n) is 11.8. The third-order valence-electron chi connectivity index (χ3n) is 2.55. The first-order valence-electron chi connectivity index (χ1n) is 6.74. The summed E-state index contributed by atoms with van der Waals surface area (Å²) in [6.07, 6.45) is 1.38. The van der Waals surface area contributed by atoms with Gasteiger partial charge in [0.2, 0.25) is 0 Å². The summed E-state index contributed by atoms with van der Waals surface area (Å²) in [6.45, 7) is 2.47. The van der Waals surface area contributed by atoms with Crippen molar-refractivity contribution in [3.8, 4) is 11.8 Å². The minimum Gasteiger partial charge on any atom is -0.449 e. The summed E-state index contributed by atoms with van der Waals surface area (Å²) in [6, 6.07) is 9.68. The summed E-state index contributed by atoms with van der Waals surface area (Å²) in [5.41, 5.74) is 1.56. The molecule has 0 radical (unpaired) electrons. The lowest BCUT2D eigenvalue weighted by molar-refractivity contribution is 0.160. The van der Waals surface area contributed by atoms with Crippen molar-refractivity contribution < 1.29 is 9.53 Å². The van der Waals surface area contributed by atoms with Gasteiger partial charge >= 0.3 is 6.09 Å². The quantitative estimate of drug-likeness (QED) is 0.688. The highest BCUT2D eigenvalue weighted by Gasteiger charge is 2.06. The average molecular weight is 300 g/mol. The van der Waals surface area contributed by atoms with Gasteiger partial charge in [-0.15, -0.1) is 11.3 Å². The van der Waals surface area contributed by atoms with Crippen LogP contribution in [0.5, 0.6) is 0 Å². The summed E-state index contributed by atoms with van der Waals surface area (Å²) in [7, 11) is 0.